The van der Waals surface area contributed by atoms with Gasteiger partial charge in [-0.2, -0.15) is 0 Å². The number of nitrogens with one attached hydrogen (secondary N) is 2. The molecule has 1 rings (SSSR count). The van der Waals surface area contributed by atoms with Crippen LogP contribution in [0.2, 0.25) is 0 Å². The molecule has 0 saturated heterocycles. The van der Waals surface area contributed by atoms with Crippen LogP contribution >= 0.6 is 11.3 Å². The van der Waals surface area contributed by atoms with Gasteiger partial charge in [0, 0.05) is 5.38 Å². The van der Waals surface area contributed by atoms with Gasteiger partial charge in [-0.1, -0.05) is 13.8 Å². The van der Waals surface area contributed by atoms with Crippen molar-refractivity contribution < 1.29 is 23.1 Å². The number of amides is 1. The average molecular weight is 335 g/mol. The summed E-state index contributed by atoms with van der Waals surface area (Å²) in [6.45, 7) is 3.69. The third kappa shape index (κ3) is 6.08. The zero-order valence-electron chi connectivity index (χ0n) is 11.8. The lowest BCUT2D eigenvalue weighted by molar-refractivity contribution is -0.139. The van der Waals surface area contributed by atoms with Gasteiger partial charge >= 0.3 is 5.97 Å². The Hall–Kier alpha value is -1.68. The second-order valence-corrected chi connectivity index (χ2v) is 7.51. The highest BCUT2D eigenvalue weighted by Crippen LogP contribution is 2.16. The Bertz CT molecular complexity index is 624. The third-order valence-corrected chi connectivity index (χ3v) is 3.77. The summed E-state index contributed by atoms with van der Waals surface area (Å²) in [7, 11) is -3.47. The number of aliphatic carboxylic acids is 1. The van der Waals surface area contributed by atoms with Crippen LogP contribution in [0.25, 0.3) is 0 Å². The molecule has 0 aromatic carbocycles. The van der Waals surface area contributed by atoms with E-state index in [0.717, 1.165) is 17.6 Å². The molecule has 1 amide bonds. The molecule has 8 nitrogen and oxygen atoms in total. The molecule has 0 aliphatic rings. The van der Waals surface area contributed by atoms with E-state index in [1.807, 2.05) is 13.8 Å². The second-order valence-electron chi connectivity index (χ2n) is 4.91. The van der Waals surface area contributed by atoms with Crippen LogP contribution in [0.1, 0.15) is 30.8 Å². The van der Waals surface area contributed by atoms with Crippen molar-refractivity contribution in [1.29, 1.82) is 0 Å². The molecule has 21 heavy (non-hydrogen) atoms. The Morgan fingerprint density at radius 2 is 2.05 bits per heavy atom. The number of carboxylic acid groups (broad SMARTS) is 1. The minimum atomic E-state index is -3.47. The zero-order chi connectivity index (χ0) is 16.2. The van der Waals surface area contributed by atoms with Gasteiger partial charge in [-0.3, -0.25) is 9.52 Å². The number of nitrogens with zero attached hydrogens (tertiary/aromatic N) is 1. The minimum absolute atomic E-state index is 0.0267. The normalized spacial score (nSPS) is 13.0. The Balaban J connectivity index is 2.77. The standard InChI is InChI=1S/C11H17N3O5S2/c1-6(2)4-7(10(16)17)12-9(15)8-5-20-11(13-8)14-21(3,18)19/h5-7H,4H2,1-3H3,(H,12,15)(H,13,14)(H,16,17). The quantitative estimate of drug-likeness (QED) is 0.675. The van der Waals surface area contributed by atoms with Crippen LogP contribution in [0.15, 0.2) is 5.38 Å². The van der Waals surface area contributed by atoms with E-state index in [0.29, 0.717) is 6.42 Å². The molecule has 0 saturated carbocycles. The van der Waals surface area contributed by atoms with Gasteiger partial charge in [-0.25, -0.2) is 18.2 Å². The largest absolute Gasteiger partial charge is 0.480 e. The van der Waals surface area contributed by atoms with Crippen LogP contribution in [0.4, 0.5) is 5.13 Å². The van der Waals surface area contributed by atoms with E-state index in [-0.39, 0.29) is 16.7 Å². The minimum Gasteiger partial charge on any atom is -0.480 e. The summed E-state index contributed by atoms with van der Waals surface area (Å²) in [5.41, 5.74) is -0.0267. The average Bonchev–Trinajstić information content (AvgIpc) is 2.73. The molecule has 0 bridgehead atoms. The molecule has 0 radical (unpaired) electrons. The number of carboxylic acids is 1. The number of carbonyl (C=O) groups is 2. The monoisotopic (exact) mass is 335 g/mol. The first-order valence-electron chi connectivity index (χ1n) is 6.05. The first-order valence-corrected chi connectivity index (χ1v) is 8.82. The molecule has 0 aliphatic heterocycles. The summed E-state index contributed by atoms with van der Waals surface area (Å²) in [5, 5.41) is 12.8. The maximum Gasteiger partial charge on any atom is 0.326 e. The predicted octanol–water partition coefficient (Wildman–Crippen LogP) is 0.744. The van der Waals surface area contributed by atoms with Crippen LogP contribution in [-0.4, -0.2) is 42.7 Å². The molecule has 1 unspecified atom stereocenters. The fraction of sp³-hybridized carbons (Fsp3) is 0.545. The maximum atomic E-state index is 11.9. The first kappa shape index (κ1) is 17.4. The Kier molecular flexibility index (Phi) is 5.67. The van der Waals surface area contributed by atoms with Crippen molar-refractivity contribution >= 4 is 38.4 Å². The molecule has 1 aromatic heterocycles. The smallest absolute Gasteiger partial charge is 0.326 e. The Morgan fingerprint density at radius 3 is 2.52 bits per heavy atom. The fourth-order valence-electron chi connectivity index (χ4n) is 1.51. The van der Waals surface area contributed by atoms with E-state index in [2.05, 4.69) is 15.0 Å². The number of rotatable bonds is 7. The van der Waals surface area contributed by atoms with Gasteiger partial charge in [0.2, 0.25) is 10.0 Å². The predicted molar refractivity (Wildman–Crippen MR) is 78.9 cm³/mol. The molecule has 1 heterocycles. The van der Waals surface area contributed by atoms with Crippen molar-refractivity contribution in [2.24, 2.45) is 5.92 Å². The van der Waals surface area contributed by atoms with Crippen LogP contribution in [0.3, 0.4) is 0 Å². The topological polar surface area (TPSA) is 125 Å². The number of thiazole rings is 1. The molecule has 118 valence electrons. The van der Waals surface area contributed by atoms with Gasteiger partial charge in [0.25, 0.3) is 5.91 Å². The highest BCUT2D eigenvalue weighted by molar-refractivity contribution is 7.92. The number of carbonyl (C=O) groups excluding carboxylic acids is 1. The fourth-order valence-corrected chi connectivity index (χ4v) is 3.05. The van der Waals surface area contributed by atoms with E-state index < -0.39 is 27.9 Å². The van der Waals surface area contributed by atoms with E-state index >= 15 is 0 Å². The maximum absolute atomic E-state index is 11.9. The number of aromatic nitrogens is 1. The molecule has 0 spiro atoms. The third-order valence-electron chi connectivity index (χ3n) is 2.32. The summed E-state index contributed by atoms with van der Waals surface area (Å²) in [5.74, 6) is -1.67. The van der Waals surface area contributed by atoms with E-state index in [1.165, 1.54) is 5.38 Å². The van der Waals surface area contributed by atoms with E-state index in [1.54, 1.807) is 0 Å². The molecule has 1 atom stereocenters. The van der Waals surface area contributed by atoms with Gasteiger partial charge in [0.15, 0.2) is 5.13 Å². The van der Waals surface area contributed by atoms with Crippen molar-refractivity contribution in [3.8, 4) is 0 Å². The number of hydrogen-bond donors (Lipinski definition) is 3. The van der Waals surface area contributed by atoms with Gasteiger partial charge in [0.05, 0.1) is 6.26 Å². The lowest BCUT2D eigenvalue weighted by Crippen LogP contribution is -2.41. The van der Waals surface area contributed by atoms with E-state index in [4.69, 9.17) is 5.11 Å². The summed E-state index contributed by atoms with van der Waals surface area (Å²) in [6, 6.07) is -1.01. The molecule has 0 fully saturated rings. The lowest BCUT2D eigenvalue weighted by atomic mass is 10.0. The van der Waals surface area contributed by atoms with Gasteiger partial charge in [-0.15, -0.1) is 11.3 Å². The Labute approximate surface area is 126 Å². The van der Waals surface area contributed by atoms with Crippen molar-refractivity contribution in [2.75, 3.05) is 11.0 Å². The molecule has 0 aliphatic carbocycles. The SMILES string of the molecule is CC(C)CC(NC(=O)c1csc(NS(C)(=O)=O)n1)C(=O)O. The number of sulfonamides is 1. The summed E-state index contributed by atoms with van der Waals surface area (Å²) < 4.78 is 24.2. The number of hydrogen-bond acceptors (Lipinski definition) is 6. The van der Waals surface area contributed by atoms with Gasteiger partial charge in [0.1, 0.15) is 11.7 Å². The molecular weight excluding hydrogens is 318 g/mol. The molecule has 10 heteroatoms. The van der Waals surface area contributed by atoms with Crippen LogP contribution < -0.4 is 10.0 Å². The van der Waals surface area contributed by atoms with Crippen molar-refractivity contribution in [3.05, 3.63) is 11.1 Å². The van der Waals surface area contributed by atoms with Crippen LogP contribution in [0, 0.1) is 5.92 Å². The summed E-state index contributed by atoms with van der Waals surface area (Å²) in [6.07, 6.45) is 1.26. The molecule has 3 N–H and O–H groups in total. The van der Waals surface area contributed by atoms with Crippen molar-refractivity contribution in [2.45, 2.75) is 26.3 Å². The molecular formula is C11H17N3O5S2. The number of anilines is 1. The highest BCUT2D eigenvalue weighted by Gasteiger charge is 2.23. The first-order chi connectivity index (χ1) is 9.58. The Morgan fingerprint density at radius 1 is 1.43 bits per heavy atom. The van der Waals surface area contributed by atoms with Gasteiger partial charge < -0.3 is 10.4 Å². The van der Waals surface area contributed by atoms with E-state index in [9.17, 15) is 18.0 Å². The lowest BCUT2D eigenvalue weighted by Gasteiger charge is -2.15. The van der Waals surface area contributed by atoms with Crippen LogP contribution in [0.5, 0.6) is 0 Å². The summed E-state index contributed by atoms with van der Waals surface area (Å²) in [4.78, 5) is 26.8. The second kappa shape index (κ2) is 6.85. The van der Waals surface area contributed by atoms with Gasteiger partial charge in [-0.05, 0) is 12.3 Å². The highest BCUT2D eigenvalue weighted by atomic mass is 32.2. The van der Waals surface area contributed by atoms with Crippen molar-refractivity contribution in [1.82, 2.24) is 10.3 Å². The van der Waals surface area contributed by atoms with Crippen molar-refractivity contribution in [3.63, 3.8) is 0 Å². The molecule has 1 aromatic rings. The van der Waals surface area contributed by atoms with Crippen LogP contribution in [-0.2, 0) is 14.8 Å². The summed E-state index contributed by atoms with van der Waals surface area (Å²) >= 11 is 0.944. The zero-order valence-corrected chi connectivity index (χ0v) is 13.4.